The zero-order valence-corrected chi connectivity index (χ0v) is 12.1. The molecule has 0 aliphatic heterocycles. The number of unbranched alkanes of at least 4 members (excludes halogenated alkanes) is 1. The topological polar surface area (TPSA) is 81.6 Å². The summed E-state index contributed by atoms with van der Waals surface area (Å²) in [5.41, 5.74) is 7.42. The number of nitrogens with zero attached hydrogens (tertiary/aromatic N) is 4. The van der Waals surface area contributed by atoms with Crippen LogP contribution in [0.4, 0.5) is 11.8 Å². The Labute approximate surface area is 118 Å². The highest BCUT2D eigenvalue weighted by molar-refractivity contribution is 5.85. The molecular formula is C14H22N6. The van der Waals surface area contributed by atoms with Gasteiger partial charge in [0.2, 0.25) is 5.95 Å². The lowest BCUT2D eigenvalue weighted by Crippen LogP contribution is -2.06. The van der Waals surface area contributed by atoms with Crippen LogP contribution < -0.4 is 11.1 Å². The number of nitrogens with one attached hydrogen (secondary N) is 1. The van der Waals surface area contributed by atoms with E-state index in [2.05, 4.69) is 34.2 Å². The molecule has 6 nitrogen and oxygen atoms in total. The van der Waals surface area contributed by atoms with Crippen molar-refractivity contribution >= 4 is 22.8 Å². The molecule has 0 spiro atoms. The van der Waals surface area contributed by atoms with Crippen molar-refractivity contribution in [3.8, 4) is 0 Å². The fraction of sp³-hybridized carbons (Fsp3) is 0.643. The normalized spacial score (nSPS) is 21.3. The van der Waals surface area contributed by atoms with E-state index >= 15 is 0 Å². The first kappa shape index (κ1) is 13.1. The van der Waals surface area contributed by atoms with Crippen molar-refractivity contribution in [2.24, 2.45) is 11.8 Å². The molecular weight excluding hydrogens is 252 g/mol. The Morgan fingerprint density at radius 2 is 2.25 bits per heavy atom. The lowest BCUT2D eigenvalue weighted by Gasteiger charge is -2.05. The molecule has 6 heteroatoms. The van der Waals surface area contributed by atoms with Crippen molar-refractivity contribution in [3.63, 3.8) is 0 Å². The van der Waals surface area contributed by atoms with Gasteiger partial charge in [-0.2, -0.15) is 10.1 Å². The van der Waals surface area contributed by atoms with E-state index in [1.807, 2.05) is 10.9 Å². The van der Waals surface area contributed by atoms with Crippen LogP contribution in [0, 0.1) is 11.8 Å². The summed E-state index contributed by atoms with van der Waals surface area (Å²) in [5, 5.41) is 7.93. The molecule has 2 heterocycles. The van der Waals surface area contributed by atoms with Gasteiger partial charge in [0, 0.05) is 13.1 Å². The zero-order chi connectivity index (χ0) is 14.1. The Morgan fingerprint density at radius 3 is 2.95 bits per heavy atom. The molecule has 0 aromatic carbocycles. The van der Waals surface area contributed by atoms with Crippen molar-refractivity contribution in [1.29, 1.82) is 0 Å². The van der Waals surface area contributed by atoms with Gasteiger partial charge in [-0.05, 0) is 24.7 Å². The minimum atomic E-state index is 0.302. The van der Waals surface area contributed by atoms with E-state index in [4.69, 9.17) is 5.73 Å². The first-order valence-corrected chi connectivity index (χ1v) is 7.42. The van der Waals surface area contributed by atoms with Gasteiger partial charge in [-0.15, -0.1) is 0 Å². The van der Waals surface area contributed by atoms with Crippen molar-refractivity contribution in [3.05, 3.63) is 6.20 Å². The van der Waals surface area contributed by atoms with Crippen molar-refractivity contribution in [2.75, 3.05) is 17.6 Å². The number of hydrogen-bond acceptors (Lipinski definition) is 5. The molecule has 0 radical (unpaired) electrons. The molecule has 1 aliphatic carbocycles. The summed E-state index contributed by atoms with van der Waals surface area (Å²) >= 11 is 0. The molecule has 3 rings (SSSR count). The number of fused-ring (bicyclic) bond motifs is 1. The number of anilines is 2. The zero-order valence-electron chi connectivity index (χ0n) is 12.1. The second-order valence-corrected chi connectivity index (χ2v) is 5.77. The molecule has 1 fully saturated rings. The number of nitrogens with two attached hydrogens (primary N) is 1. The summed E-state index contributed by atoms with van der Waals surface area (Å²) in [5.74, 6) is 2.63. The van der Waals surface area contributed by atoms with Gasteiger partial charge in [-0.1, -0.05) is 20.3 Å². The van der Waals surface area contributed by atoms with Gasteiger partial charge in [0.15, 0.2) is 11.3 Å². The number of rotatable bonds is 6. The Balaban J connectivity index is 1.84. The summed E-state index contributed by atoms with van der Waals surface area (Å²) in [7, 11) is 0. The first-order valence-electron chi connectivity index (χ1n) is 7.42. The Morgan fingerprint density at radius 1 is 1.45 bits per heavy atom. The highest BCUT2D eigenvalue weighted by Crippen LogP contribution is 2.39. The number of nitrogen functional groups attached to an aromatic ring is 1. The molecule has 0 amide bonds. The Kier molecular flexibility index (Phi) is 3.46. The minimum Gasteiger partial charge on any atom is -0.368 e. The first-order chi connectivity index (χ1) is 9.67. The average Bonchev–Trinajstić information content (AvgIpc) is 2.93. The van der Waals surface area contributed by atoms with Crippen LogP contribution in [-0.2, 0) is 6.54 Å². The van der Waals surface area contributed by atoms with Crippen molar-refractivity contribution in [1.82, 2.24) is 19.7 Å². The summed E-state index contributed by atoms with van der Waals surface area (Å²) in [6.45, 7) is 6.29. The number of hydrogen-bond donors (Lipinski definition) is 2. The average molecular weight is 274 g/mol. The lowest BCUT2D eigenvalue weighted by molar-refractivity contribution is 0.544. The van der Waals surface area contributed by atoms with Crippen LogP contribution in [0.15, 0.2) is 6.20 Å². The Hall–Kier alpha value is -1.85. The highest BCUT2D eigenvalue weighted by Gasteiger charge is 2.33. The molecule has 1 aliphatic rings. The molecule has 0 bridgehead atoms. The molecule has 2 atom stereocenters. The molecule has 3 N–H and O–H groups in total. The largest absolute Gasteiger partial charge is 0.368 e. The SMILES string of the molecule is CCCCNc1nc(N)nc2cn(C[C@H]3C[C@@H]3C)nc12. The van der Waals surface area contributed by atoms with E-state index < -0.39 is 0 Å². The van der Waals surface area contributed by atoms with Crippen LogP contribution in [-0.4, -0.2) is 26.3 Å². The van der Waals surface area contributed by atoms with Crippen LogP contribution in [0.3, 0.4) is 0 Å². The standard InChI is InChI=1S/C14H22N6/c1-3-4-5-16-13-12-11(17-14(15)18-13)8-20(19-12)7-10-6-9(10)2/h8-10H,3-7H2,1-2H3,(H3,15,16,17,18)/t9-,10+/m0/s1. The van der Waals surface area contributed by atoms with Gasteiger partial charge < -0.3 is 11.1 Å². The maximum atomic E-state index is 5.77. The van der Waals surface area contributed by atoms with Gasteiger partial charge >= 0.3 is 0 Å². The molecule has 108 valence electrons. The van der Waals surface area contributed by atoms with Crippen LogP contribution in [0.2, 0.25) is 0 Å². The minimum absolute atomic E-state index is 0.302. The second-order valence-electron chi connectivity index (χ2n) is 5.77. The van der Waals surface area contributed by atoms with Crippen LogP contribution in [0.5, 0.6) is 0 Å². The maximum absolute atomic E-state index is 5.77. The van der Waals surface area contributed by atoms with Gasteiger partial charge in [-0.3, -0.25) is 4.68 Å². The summed E-state index contributed by atoms with van der Waals surface area (Å²) in [4.78, 5) is 8.55. The predicted octanol–water partition coefficient (Wildman–Crippen LogP) is 2.28. The van der Waals surface area contributed by atoms with E-state index in [1.165, 1.54) is 6.42 Å². The van der Waals surface area contributed by atoms with Gasteiger partial charge in [-0.25, -0.2) is 4.98 Å². The molecule has 20 heavy (non-hydrogen) atoms. The monoisotopic (exact) mass is 274 g/mol. The lowest BCUT2D eigenvalue weighted by atomic mass is 10.3. The van der Waals surface area contributed by atoms with Crippen LogP contribution in [0.1, 0.15) is 33.1 Å². The molecule has 1 saturated carbocycles. The van der Waals surface area contributed by atoms with Crippen molar-refractivity contribution < 1.29 is 0 Å². The predicted molar refractivity (Wildman–Crippen MR) is 80.4 cm³/mol. The fourth-order valence-electron chi connectivity index (χ4n) is 2.47. The van der Waals surface area contributed by atoms with E-state index in [9.17, 15) is 0 Å². The summed E-state index contributed by atoms with van der Waals surface area (Å²) < 4.78 is 1.98. The maximum Gasteiger partial charge on any atom is 0.222 e. The van der Waals surface area contributed by atoms with E-state index in [1.54, 1.807) is 0 Å². The number of aromatic nitrogens is 4. The highest BCUT2D eigenvalue weighted by atomic mass is 15.3. The van der Waals surface area contributed by atoms with Crippen LogP contribution in [0.25, 0.3) is 11.0 Å². The quantitative estimate of drug-likeness (QED) is 0.790. The smallest absolute Gasteiger partial charge is 0.222 e. The van der Waals surface area contributed by atoms with E-state index in [-0.39, 0.29) is 0 Å². The van der Waals surface area contributed by atoms with Crippen molar-refractivity contribution in [2.45, 2.75) is 39.7 Å². The van der Waals surface area contributed by atoms with Crippen LogP contribution >= 0.6 is 0 Å². The third kappa shape index (κ3) is 2.69. The molecule has 2 aromatic heterocycles. The van der Waals surface area contributed by atoms with E-state index in [0.717, 1.165) is 54.6 Å². The van der Waals surface area contributed by atoms with Gasteiger partial charge in [0.1, 0.15) is 5.52 Å². The summed E-state index contributed by atoms with van der Waals surface area (Å²) in [6, 6.07) is 0. The third-order valence-corrected chi connectivity index (χ3v) is 3.95. The third-order valence-electron chi connectivity index (χ3n) is 3.95. The second kappa shape index (κ2) is 5.26. The molecule has 0 unspecified atom stereocenters. The molecule has 0 saturated heterocycles. The van der Waals surface area contributed by atoms with Gasteiger partial charge in [0.25, 0.3) is 0 Å². The molecule has 2 aromatic rings. The Bertz CT molecular complexity index is 605. The fourth-order valence-corrected chi connectivity index (χ4v) is 2.47. The van der Waals surface area contributed by atoms with Gasteiger partial charge in [0.05, 0.1) is 6.20 Å². The summed E-state index contributed by atoms with van der Waals surface area (Å²) in [6.07, 6.45) is 5.52. The van der Waals surface area contributed by atoms with E-state index in [0.29, 0.717) is 5.95 Å².